The van der Waals surface area contributed by atoms with Crippen LogP contribution in [0.3, 0.4) is 0 Å². The van der Waals surface area contributed by atoms with Crippen molar-refractivity contribution in [2.45, 2.75) is 6.92 Å². The number of halogens is 1. The number of hydrogen-bond acceptors (Lipinski definition) is 3. The molecule has 0 atom stereocenters. The van der Waals surface area contributed by atoms with Gasteiger partial charge >= 0.3 is 0 Å². The number of aryl methyl sites for hydroxylation is 1. The van der Waals surface area contributed by atoms with Crippen molar-refractivity contribution in [2.75, 3.05) is 7.11 Å². The molecule has 2 nitrogen and oxygen atoms in total. The number of methoxy groups -OCH3 is 1. The first-order valence-electron chi connectivity index (χ1n) is 6.17. The normalized spacial score (nSPS) is 10.9. The highest BCUT2D eigenvalue weighted by atomic mass is 79.9. The number of fused-ring (bicyclic) bond motifs is 1. The number of aromatic hydroxyl groups is 1. The van der Waals surface area contributed by atoms with Crippen LogP contribution in [-0.4, -0.2) is 12.2 Å². The minimum atomic E-state index is 0.257. The number of hydrogen-bond donors (Lipinski definition) is 1. The highest BCUT2D eigenvalue weighted by molar-refractivity contribution is 9.10. The van der Waals surface area contributed by atoms with Gasteiger partial charge in [0.2, 0.25) is 0 Å². The third kappa shape index (κ3) is 2.09. The molecule has 1 N–H and O–H groups in total. The molecule has 0 radical (unpaired) electrons. The van der Waals surface area contributed by atoms with Crippen LogP contribution in [0.15, 0.2) is 40.9 Å². The molecule has 3 aromatic rings. The summed E-state index contributed by atoms with van der Waals surface area (Å²) < 4.78 is 7.30. The second-order valence-electron chi connectivity index (χ2n) is 4.56. The average molecular weight is 349 g/mol. The van der Waals surface area contributed by atoms with Crippen LogP contribution in [-0.2, 0) is 0 Å². The summed E-state index contributed by atoms with van der Waals surface area (Å²) >= 11 is 5.07. The molecule has 1 aromatic heterocycles. The van der Waals surface area contributed by atoms with Crippen molar-refractivity contribution in [2.24, 2.45) is 0 Å². The van der Waals surface area contributed by atoms with Crippen LogP contribution in [0.1, 0.15) is 5.56 Å². The molecule has 2 aromatic carbocycles. The smallest absolute Gasteiger partial charge is 0.133 e. The Morgan fingerprint density at radius 3 is 2.65 bits per heavy atom. The lowest BCUT2D eigenvalue weighted by atomic mass is 10.1. The highest BCUT2D eigenvalue weighted by Crippen LogP contribution is 2.44. The standard InChI is InChI=1S/C16H13BrO2S/c1-9-10-5-3-4-6-15(10)20-16(9)11-7-14(19-2)12(17)8-13(11)18/h3-8,18H,1-2H3. The minimum Gasteiger partial charge on any atom is -0.507 e. The molecule has 4 heteroatoms. The number of phenols is 1. The zero-order chi connectivity index (χ0) is 14.3. The van der Waals surface area contributed by atoms with Gasteiger partial charge in [0, 0.05) is 15.1 Å². The third-order valence-electron chi connectivity index (χ3n) is 3.36. The van der Waals surface area contributed by atoms with Crippen LogP contribution in [0.5, 0.6) is 11.5 Å². The molecule has 0 aliphatic carbocycles. The van der Waals surface area contributed by atoms with Crippen molar-refractivity contribution < 1.29 is 9.84 Å². The Hall–Kier alpha value is -1.52. The summed E-state index contributed by atoms with van der Waals surface area (Å²) in [5, 5.41) is 11.5. The van der Waals surface area contributed by atoms with Crippen molar-refractivity contribution in [3.05, 3.63) is 46.4 Å². The molecule has 0 fully saturated rings. The van der Waals surface area contributed by atoms with Crippen LogP contribution in [0.2, 0.25) is 0 Å². The van der Waals surface area contributed by atoms with Gasteiger partial charge < -0.3 is 9.84 Å². The lowest BCUT2D eigenvalue weighted by Crippen LogP contribution is -1.86. The zero-order valence-corrected chi connectivity index (χ0v) is 13.5. The number of benzene rings is 2. The monoisotopic (exact) mass is 348 g/mol. The summed E-state index contributed by atoms with van der Waals surface area (Å²) in [4.78, 5) is 1.08. The maximum Gasteiger partial charge on any atom is 0.133 e. The molecule has 0 saturated heterocycles. The number of phenolic OH excluding ortho intramolecular Hbond substituents is 1. The van der Waals surface area contributed by atoms with Gasteiger partial charge in [-0.2, -0.15) is 0 Å². The fourth-order valence-corrected chi connectivity index (χ4v) is 4.04. The van der Waals surface area contributed by atoms with Crippen LogP contribution < -0.4 is 4.74 Å². The fraction of sp³-hybridized carbons (Fsp3) is 0.125. The second-order valence-corrected chi connectivity index (χ2v) is 6.46. The summed E-state index contributed by atoms with van der Waals surface area (Å²) in [7, 11) is 1.62. The zero-order valence-electron chi connectivity index (χ0n) is 11.1. The van der Waals surface area contributed by atoms with E-state index in [0.717, 1.165) is 20.7 Å². The van der Waals surface area contributed by atoms with Gasteiger partial charge in [-0.25, -0.2) is 0 Å². The summed E-state index contributed by atoms with van der Waals surface area (Å²) in [6, 6.07) is 11.8. The van der Waals surface area contributed by atoms with E-state index in [4.69, 9.17) is 4.74 Å². The Morgan fingerprint density at radius 1 is 1.20 bits per heavy atom. The number of ether oxygens (including phenoxy) is 1. The molecule has 20 heavy (non-hydrogen) atoms. The Morgan fingerprint density at radius 2 is 1.95 bits per heavy atom. The molecule has 102 valence electrons. The highest BCUT2D eigenvalue weighted by Gasteiger charge is 2.15. The lowest BCUT2D eigenvalue weighted by molar-refractivity contribution is 0.410. The second kappa shape index (κ2) is 5.11. The van der Waals surface area contributed by atoms with Gasteiger partial charge in [-0.3, -0.25) is 0 Å². The summed E-state index contributed by atoms with van der Waals surface area (Å²) in [5.41, 5.74) is 1.99. The Bertz CT molecular complexity index is 793. The van der Waals surface area contributed by atoms with Crippen molar-refractivity contribution in [1.29, 1.82) is 0 Å². The largest absolute Gasteiger partial charge is 0.507 e. The first-order chi connectivity index (χ1) is 9.61. The predicted molar refractivity (Wildman–Crippen MR) is 87.9 cm³/mol. The SMILES string of the molecule is COc1cc(-c2sc3ccccc3c2C)c(O)cc1Br. The van der Waals surface area contributed by atoms with E-state index in [1.807, 2.05) is 18.2 Å². The van der Waals surface area contributed by atoms with Gasteiger partial charge in [-0.1, -0.05) is 18.2 Å². The molecule has 0 unspecified atom stereocenters. The first-order valence-corrected chi connectivity index (χ1v) is 7.77. The van der Waals surface area contributed by atoms with E-state index in [0.29, 0.717) is 0 Å². The average Bonchev–Trinajstić information content (AvgIpc) is 2.77. The topological polar surface area (TPSA) is 29.5 Å². The molecule has 0 saturated carbocycles. The molecular weight excluding hydrogens is 336 g/mol. The molecule has 0 bridgehead atoms. The van der Waals surface area contributed by atoms with Crippen molar-refractivity contribution in [1.82, 2.24) is 0 Å². The Kier molecular flexibility index (Phi) is 3.44. The van der Waals surface area contributed by atoms with Crippen LogP contribution in [0.4, 0.5) is 0 Å². The molecule has 1 heterocycles. The number of rotatable bonds is 2. The molecule has 0 amide bonds. The van der Waals surface area contributed by atoms with Gasteiger partial charge in [0.25, 0.3) is 0 Å². The van der Waals surface area contributed by atoms with Crippen LogP contribution in [0, 0.1) is 6.92 Å². The van der Waals surface area contributed by atoms with Crippen molar-refractivity contribution in [3.63, 3.8) is 0 Å². The third-order valence-corrected chi connectivity index (χ3v) is 5.28. The van der Waals surface area contributed by atoms with Crippen molar-refractivity contribution >= 4 is 37.4 Å². The van der Waals surface area contributed by atoms with Gasteiger partial charge in [-0.15, -0.1) is 11.3 Å². The maximum atomic E-state index is 10.2. The fourth-order valence-electron chi connectivity index (χ4n) is 2.31. The number of thiophene rings is 1. The lowest BCUT2D eigenvalue weighted by Gasteiger charge is -2.09. The van der Waals surface area contributed by atoms with E-state index < -0.39 is 0 Å². The Labute approximate surface area is 129 Å². The minimum absolute atomic E-state index is 0.257. The van der Waals surface area contributed by atoms with Crippen LogP contribution >= 0.6 is 27.3 Å². The van der Waals surface area contributed by atoms with E-state index in [2.05, 4.69) is 35.0 Å². The van der Waals surface area contributed by atoms with Gasteiger partial charge in [-0.05, 0) is 52.0 Å². The summed E-state index contributed by atoms with van der Waals surface area (Å²) in [5.74, 6) is 0.974. The first kappa shape index (κ1) is 13.5. The van der Waals surface area contributed by atoms with E-state index in [1.165, 1.54) is 15.6 Å². The quantitative estimate of drug-likeness (QED) is 0.675. The maximum absolute atomic E-state index is 10.2. The van der Waals surface area contributed by atoms with Gasteiger partial charge in [0.15, 0.2) is 0 Å². The summed E-state index contributed by atoms with van der Waals surface area (Å²) in [6.07, 6.45) is 0. The molecular formula is C16H13BrO2S. The molecule has 0 aliphatic rings. The van der Waals surface area contributed by atoms with Crippen LogP contribution in [0.25, 0.3) is 20.5 Å². The van der Waals surface area contributed by atoms with E-state index in [1.54, 1.807) is 24.5 Å². The van der Waals surface area contributed by atoms with Gasteiger partial charge in [0.05, 0.1) is 11.6 Å². The molecule has 0 aliphatic heterocycles. The Balaban J connectivity index is 2.28. The van der Waals surface area contributed by atoms with E-state index in [9.17, 15) is 5.11 Å². The molecule has 3 rings (SSSR count). The van der Waals surface area contributed by atoms with Crippen molar-refractivity contribution in [3.8, 4) is 21.9 Å². The molecule has 0 spiro atoms. The van der Waals surface area contributed by atoms with E-state index >= 15 is 0 Å². The van der Waals surface area contributed by atoms with E-state index in [-0.39, 0.29) is 5.75 Å². The predicted octanol–water partition coefficient (Wildman–Crippen LogP) is 5.35. The van der Waals surface area contributed by atoms with Gasteiger partial charge in [0.1, 0.15) is 11.5 Å². The summed E-state index contributed by atoms with van der Waals surface area (Å²) in [6.45, 7) is 2.09.